The van der Waals surface area contributed by atoms with E-state index in [-0.39, 0.29) is 17.8 Å². The van der Waals surface area contributed by atoms with E-state index in [0.29, 0.717) is 11.1 Å². The van der Waals surface area contributed by atoms with E-state index in [0.717, 1.165) is 0 Å². The normalized spacial score (nSPS) is 10.2. The third-order valence-electron chi connectivity index (χ3n) is 3.07. The Kier molecular flexibility index (Phi) is 4.27. The van der Waals surface area contributed by atoms with Gasteiger partial charge in [-0.2, -0.15) is 0 Å². The summed E-state index contributed by atoms with van der Waals surface area (Å²) in [5, 5.41) is 13.4. The van der Waals surface area contributed by atoms with Gasteiger partial charge in [0.05, 0.1) is 4.92 Å². The van der Waals surface area contributed by atoms with Crippen molar-refractivity contribution < 1.29 is 14.1 Å². The quantitative estimate of drug-likeness (QED) is 0.694. The van der Waals surface area contributed by atoms with Gasteiger partial charge in [-0.15, -0.1) is 0 Å². The average Bonchev–Trinajstić information content (AvgIpc) is 2.46. The molecule has 0 aromatic heterocycles. The third-order valence-corrected chi connectivity index (χ3v) is 3.07. The molecule has 1 amide bonds. The van der Waals surface area contributed by atoms with Crippen LogP contribution in [-0.4, -0.2) is 10.8 Å². The molecule has 0 heterocycles. The second-order valence-electron chi connectivity index (χ2n) is 4.53. The van der Waals surface area contributed by atoms with E-state index in [4.69, 9.17) is 0 Å². The zero-order chi connectivity index (χ0) is 15.4. The van der Waals surface area contributed by atoms with E-state index >= 15 is 0 Å². The van der Waals surface area contributed by atoms with E-state index in [9.17, 15) is 19.3 Å². The number of carbonyl (C=O) groups excluding carboxylic acids is 1. The lowest BCUT2D eigenvalue weighted by Gasteiger charge is -2.07. The van der Waals surface area contributed by atoms with Crippen molar-refractivity contribution in [1.82, 2.24) is 5.32 Å². The average molecular weight is 288 g/mol. The van der Waals surface area contributed by atoms with E-state index < -0.39 is 16.6 Å². The zero-order valence-corrected chi connectivity index (χ0v) is 11.3. The lowest BCUT2D eigenvalue weighted by atomic mass is 10.1. The van der Waals surface area contributed by atoms with Gasteiger partial charge >= 0.3 is 0 Å². The van der Waals surface area contributed by atoms with Gasteiger partial charge in [-0.05, 0) is 19.1 Å². The Morgan fingerprint density at radius 3 is 2.67 bits per heavy atom. The Balaban J connectivity index is 2.12. The molecule has 0 aliphatic rings. The van der Waals surface area contributed by atoms with E-state index in [1.165, 1.54) is 24.3 Å². The van der Waals surface area contributed by atoms with Crippen LogP contribution >= 0.6 is 0 Å². The fraction of sp³-hybridized carbons (Fsp3) is 0.133. The van der Waals surface area contributed by atoms with Gasteiger partial charge in [-0.25, -0.2) is 4.39 Å². The molecule has 0 atom stereocenters. The van der Waals surface area contributed by atoms with Gasteiger partial charge in [0.15, 0.2) is 0 Å². The largest absolute Gasteiger partial charge is 0.348 e. The van der Waals surface area contributed by atoms with E-state index in [2.05, 4.69) is 5.32 Å². The number of hydrogen-bond acceptors (Lipinski definition) is 3. The Labute approximate surface area is 120 Å². The van der Waals surface area contributed by atoms with Crippen molar-refractivity contribution in [2.75, 3.05) is 0 Å². The van der Waals surface area contributed by atoms with Crippen molar-refractivity contribution in [3.05, 3.63) is 75.1 Å². The number of nitro groups is 1. The molecular weight excluding hydrogens is 275 g/mol. The van der Waals surface area contributed by atoms with E-state index in [1.807, 2.05) is 0 Å². The molecule has 1 N–H and O–H groups in total. The summed E-state index contributed by atoms with van der Waals surface area (Å²) in [7, 11) is 0. The first-order chi connectivity index (χ1) is 9.99. The highest BCUT2D eigenvalue weighted by Gasteiger charge is 2.15. The van der Waals surface area contributed by atoms with Crippen molar-refractivity contribution in [3.63, 3.8) is 0 Å². The van der Waals surface area contributed by atoms with Crippen LogP contribution in [0.4, 0.5) is 10.1 Å². The predicted octanol–water partition coefficient (Wildman–Crippen LogP) is 2.97. The minimum atomic E-state index is -0.539. The summed E-state index contributed by atoms with van der Waals surface area (Å²) in [6.45, 7) is 1.62. The topological polar surface area (TPSA) is 72.2 Å². The first kappa shape index (κ1) is 14.6. The number of hydrogen-bond donors (Lipinski definition) is 1. The summed E-state index contributed by atoms with van der Waals surface area (Å²) in [5.74, 6) is -0.894. The number of nitro benzene ring substituents is 1. The predicted molar refractivity (Wildman–Crippen MR) is 75.4 cm³/mol. The maximum Gasteiger partial charge on any atom is 0.273 e. The lowest BCUT2D eigenvalue weighted by Crippen LogP contribution is -2.23. The summed E-state index contributed by atoms with van der Waals surface area (Å²) < 4.78 is 13.4. The van der Waals surface area contributed by atoms with Crippen LogP contribution in [-0.2, 0) is 6.54 Å². The van der Waals surface area contributed by atoms with Crippen molar-refractivity contribution >= 4 is 11.6 Å². The summed E-state index contributed by atoms with van der Waals surface area (Å²) in [5.41, 5.74) is 0.885. The fourth-order valence-corrected chi connectivity index (χ4v) is 1.87. The van der Waals surface area contributed by atoms with Crippen LogP contribution in [0.1, 0.15) is 21.5 Å². The Morgan fingerprint density at radius 2 is 2.00 bits per heavy atom. The molecule has 2 aromatic carbocycles. The Bertz CT molecular complexity index is 701. The zero-order valence-electron chi connectivity index (χ0n) is 11.3. The smallest absolute Gasteiger partial charge is 0.273 e. The van der Waals surface area contributed by atoms with Crippen molar-refractivity contribution in [1.29, 1.82) is 0 Å². The fourth-order valence-electron chi connectivity index (χ4n) is 1.87. The molecule has 0 saturated carbocycles. The van der Waals surface area contributed by atoms with Crippen LogP contribution in [0.2, 0.25) is 0 Å². The van der Waals surface area contributed by atoms with Crippen molar-refractivity contribution in [2.24, 2.45) is 0 Å². The molecule has 2 aromatic rings. The molecule has 0 radical (unpaired) electrons. The van der Waals surface area contributed by atoms with Gasteiger partial charge in [0.25, 0.3) is 11.6 Å². The summed E-state index contributed by atoms with van der Waals surface area (Å²) in [4.78, 5) is 22.3. The molecule has 0 aliphatic carbocycles. The monoisotopic (exact) mass is 288 g/mol. The first-order valence-electron chi connectivity index (χ1n) is 6.25. The SMILES string of the molecule is Cc1ccc(C(=O)NCc2ccccc2F)cc1[N+](=O)[O-]. The van der Waals surface area contributed by atoms with Crippen LogP contribution in [0.5, 0.6) is 0 Å². The van der Waals surface area contributed by atoms with Gasteiger partial charge in [-0.3, -0.25) is 14.9 Å². The Hall–Kier alpha value is -2.76. The number of halogens is 1. The van der Waals surface area contributed by atoms with E-state index in [1.54, 1.807) is 25.1 Å². The third kappa shape index (κ3) is 3.42. The van der Waals surface area contributed by atoms with Gasteiger partial charge in [0.2, 0.25) is 0 Å². The van der Waals surface area contributed by atoms with Crippen LogP contribution in [0.25, 0.3) is 0 Å². The molecule has 0 aliphatic heterocycles. The Morgan fingerprint density at radius 1 is 1.29 bits per heavy atom. The minimum absolute atomic E-state index is 0.0210. The van der Waals surface area contributed by atoms with Gasteiger partial charge < -0.3 is 5.32 Å². The number of amides is 1. The van der Waals surface area contributed by atoms with Crippen LogP contribution in [0.3, 0.4) is 0 Å². The van der Waals surface area contributed by atoms with Crippen molar-refractivity contribution in [3.8, 4) is 0 Å². The number of nitrogens with zero attached hydrogens (tertiary/aromatic N) is 1. The van der Waals surface area contributed by atoms with Gasteiger partial charge in [0, 0.05) is 29.3 Å². The standard InChI is InChI=1S/C15H13FN2O3/c1-10-6-7-11(8-14(10)18(20)21)15(19)17-9-12-4-2-3-5-13(12)16/h2-8H,9H2,1H3,(H,17,19). The first-order valence-corrected chi connectivity index (χ1v) is 6.25. The van der Waals surface area contributed by atoms with Crippen LogP contribution < -0.4 is 5.32 Å². The highest BCUT2D eigenvalue weighted by atomic mass is 19.1. The minimum Gasteiger partial charge on any atom is -0.348 e. The number of nitrogens with one attached hydrogen (secondary N) is 1. The summed E-state index contributed by atoms with van der Waals surface area (Å²) >= 11 is 0. The van der Waals surface area contributed by atoms with Crippen molar-refractivity contribution in [2.45, 2.75) is 13.5 Å². The molecule has 5 nitrogen and oxygen atoms in total. The maximum absolute atomic E-state index is 13.4. The lowest BCUT2D eigenvalue weighted by molar-refractivity contribution is -0.385. The van der Waals surface area contributed by atoms with Crippen LogP contribution in [0.15, 0.2) is 42.5 Å². The molecule has 0 saturated heterocycles. The highest BCUT2D eigenvalue weighted by molar-refractivity contribution is 5.94. The number of benzene rings is 2. The molecule has 108 valence electrons. The molecule has 0 fully saturated rings. The highest BCUT2D eigenvalue weighted by Crippen LogP contribution is 2.19. The van der Waals surface area contributed by atoms with Gasteiger partial charge in [0.1, 0.15) is 5.82 Å². The van der Waals surface area contributed by atoms with Crippen LogP contribution in [0, 0.1) is 22.9 Å². The molecule has 6 heteroatoms. The summed E-state index contributed by atoms with van der Waals surface area (Å²) in [6.07, 6.45) is 0. The summed E-state index contributed by atoms with van der Waals surface area (Å²) in [6, 6.07) is 10.3. The molecule has 0 bridgehead atoms. The second kappa shape index (κ2) is 6.13. The molecule has 0 unspecified atom stereocenters. The van der Waals surface area contributed by atoms with Gasteiger partial charge in [-0.1, -0.05) is 24.3 Å². The number of rotatable bonds is 4. The molecular formula is C15H13FN2O3. The number of carbonyl (C=O) groups is 1. The molecule has 2 rings (SSSR count). The number of aryl methyl sites for hydroxylation is 1. The molecule has 21 heavy (non-hydrogen) atoms. The molecule has 0 spiro atoms. The maximum atomic E-state index is 13.4. The second-order valence-corrected chi connectivity index (χ2v) is 4.53.